The van der Waals surface area contributed by atoms with E-state index >= 15 is 0 Å². The molecule has 2 saturated heterocycles. The highest BCUT2D eigenvalue weighted by Crippen LogP contribution is 2.38. The van der Waals surface area contributed by atoms with E-state index in [1.54, 1.807) is 24.3 Å². The van der Waals surface area contributed by atoms with Crippen molar-refractivity contribution in [2.45, 2.75) is 57.2 Å². The van der Waals surface area contributed by atoms with E-state index in [2.05, 4.69) is 55.5 Å². The first-order chi connectivity index (χ1) is 16.6. The van der Waals surface area contributed by atoms with Crippen LogP contribution < -0.4 is 26.7 Å². The Kier molecular flexibility index (Phi) is 6.01. The molecule has 0 amide bonds. The number of rotatable bonds is 5. The molecule has 5 rings (SSSR count). The second-order valence-corrected chi connectivity index (χ2v) is 11.8. The first-order valence-corrected chi connectivity index (χ1v) is 13.5. The molecule has 13 heteroatoms. The van der Waals surface area contributed by atoms with Crippen LogP contribution in [-0.4, -0.2) is 58.9 Å². The highest BCUT2D eigenvalue weighted by Gasteiger charge is 2.43. The molecular formula is C22H30FN9O2S. The number of hydrogen-bond donors (Lipinski definition) is 4. The van der Waals surface area contributed by atoms with Crippen molar-refractivity contribution >= 4 is 38.1 Å². The third-order valence-electron chi connectivity index (χ3n) is 6.74. The number of anilines is 4. The molecule has 0 bridgehead atoms. The van der Waals surface area contributed by atoms with E-state index < -0.39 is 15.7 Å². The van der Waals surface area contributed by atoms with Crippen LogP contribution in [0, 0.1) is 5.82 Å². The highest BCUT2D eigenvalue weighted by atomic mass is 32.2. The van der Waals surface area contributed by atoms with Crippen LogP contribution in [0.3, 0.4) is 0 Å². The molecule has 2 atom stereocenters. The average molecular weight is 504 g/mol. The monoisotopic (exact) mass is 503 g/mol. The Labute approximate surface area is 204 Å². The molecule has 4 N–H and O–H groups in total. The van der Waals surface area contributed by atoms with Crippen LogP contribution in [0.5, 0.6) is 0 Å². The van der Waals surface area contributed by atoms with E-state index in [9.17, 15) is 12.8 Å². The molecule has 4 heterocycles. The van der Waals surface area contributed by atoms with Gasteiger partial charge in [0.25, 0.3) is 5.17 Å². The third-order valence-corrected chi connectivity index (χ3v) is 7.68. The van der Waals surface area contributed by atoms with Crippen molar-refractivity contribution in [1.82, 2.24) is 25.9 Å². The van der Waals surface area contributed by atoms with Crippen LogP contribution in [0.1, 0.15) is 39.5 Å². The third kappa shape index (κ3) is 4.88. The highest BCUT2D eigenvalue weighted by molar-refractivity contribution is 8.06. The van der Waals surface area contributed by atoms with Crippen LogP contribution in [-0.2, 0) is 9.84 Å². The van der Waals surface area contributed by atoms with Crippen molar-refractivity contribution in [3.05, 3.63) is 36.3 Å². The van der Waals surface area contributed by atoms with Gasteiger partial charge in [0.1, 0.15) is 0 Å². The molecule has 1 aromatic carbocycles. The molecule has 2 fully saturated rings. The first kappa shape index (κ1) is 23.7. The maximum Gasteiger partial charge on any atom is 0.263 e. The maximum absolute atomic E-state index is 14.6. The Morgan fingerprint density at radius 3 is 2.91 bits per heavy atom. The average Bonchev–Trinajstić information content (AvgIpc) is 3.46. The van der Waals surface area contributed by atoms with Crippen LogP contribution in [0.25, 0.3) is 0 Å². The van der Waals surface area contributed by atoms with E-state index in [1.807, 2.05) is 0 Å². The summed E-state index contributed by atoms with van der Waals surface area (Å²) in [6.45, 7) is 5.63. The van der Waals surface area contributed by atoms with Gasteiger partial charge in [-0.15, -0.1) is 10.6 Å². The van der Waals surface area contributed by atoms with E-state index in [-0.39, 0.29) is 28.5 Å². The Morgan fingerprint density at radius 1 is 1.29 bits per heavy atom. The smallest absolute Gasteiger partial charge is 0.263 e. The second-order valence-electron chi connectivity index (χ2n) is 9.87. The summed E-state index contributed by atoms with van der Waals surface area (Å²) in [5, 5.41) is 11.3. The number of sulfone groups is 1. The van der Waals surface area contributed by atoms with Gasteiger partial charge in [-0.3, -0.25) is 4.90 Å². The van der Waals surface area contributed by atoms with Gasteiger partial charge in [-0.05, 0) is 64.3 Å². The zero-order valence-electron chi connectivity index (χ0n) is 19.9. The second kappa shape index (κ2) is 8.88. The van der Waals surface area contributed by atoms with Crippen molar-refractivity contribution in [2.24, 2.45) is 5.10 Å². The molecule has 35 heavy (non-hydrogen) atoms. The number of piperidine rings is 1. The molecule has 188 valence electrons. The van der Waals surface area contributed by atoms with Crippen LogP contribution in [0.15, 0.2) is 35.6 Å². The minimum Gasteiger partial charge on any atom is -0.365 e. The van der Waals surface area contributed by atoms with Crippen molar-refractivity contribution in [1.29, 1.82) is 0 Å². The largest absolute Gasteiger partial charge is 0.365 e. The van der Waals surface area contributed by atoms with E-state index in [0.717, 1.165) is 31.8 Å². The minimum atomic E-state index is -3.56. The van der Waals surface area contributed by atoms with Gasteiger partial charge < -0.3 is 10.6 Å². The van der Waals surface area contributed by atoms with Crippen molar-refractivity contribution in [3.8, 4) is 0 Å². The molecule has 0 radical (unpaired) electrons. The molecule has 0 saturated carbocycles. The standard InChI is InChI=1S/C22H30FN9O2S/c1-22(2)12-15(11-16-8-5-9-31(16)22)25-19-18(23)13-24-20(27-19)26-14-6-4-7-17(10-14)32-21(28-29-30-32)35(3,33)34/h4,6-7,10,13,15-16,29-30H,5,8-9,11-12H2,1-3H3,(H2,24,25,26,27)/t15-,16+/m1/s1. The minimum absolute atomic E-state index is 0.0503. The van der Waals surface area contributed by atoms with Gasteiger partial charge in [-0.1, -0.05) is 6.07 Å². The van der Waals surface area contributed by atoms with Crippen LogP contribution >= 0.6 is 0 Å². The Bertz CT molecular complexity index is 1250. The van der Waals surface area contributed by atoms with Crippen LogP contribution in [0.2, 0.25) is 0 Å². The lowest BCUT2D eigenvalue weighted by Gasteiger charge is -2.47. The normalized spacial score (nSPS) is 24.0. The molecular weight excluding hydrogens is 473 g/mol. The van der Waals surface area contributed by atoms with Crippen molar-refractivity contribution in [2.75, 3.05) is 28.4 Å². The Hall–Kier alpha value is -3.03. The molecule has 1 aromatic heterocycles. The summed E-state index contributed by atoms with van der Waals surface area (Å²) in [5.41, 5.74) is 6.31. The Morgan fingerprint density at radius 2 is 2.11 bits per heavy atom. The molecule has 2 aromatic rings. The Balaban J connectivity index is 1.32. The first-order valence-electron chi connectivity index (χ1n) is 11.6. The molecule has 11 nitrogen and oxygen atoms in total. The zero-order valence-corrected chi connectivity index (χ0v) is 20.7. The van der Waals surface area contributed by atoms with Crippen molar-refractivity contribution in [3.63, 3.8) is 0 Å². The molecule has 0 aliphatic carbocycles. The zero-order chi connectivity index (χ0) is 24.8. The van der Waals surface area contributed by atoms with Crippen LogP contribution in [0.4, 0.5) is 27.5 Å². The van der Waals surface area contributed by atoms with E-state index in [0.29, 0.717) is 17.4 Å². The maximum atomic E-state index is 14.6. The number of fused-ring (bicyclic) bond motifs is 1. The summed E-state index contributed by atoms with van der Waals surface area (Å²) in [7, 11) is -3.56. The number of aromatic nitrogens is 2. The predicted octanol–water partition coefficient (Wildman–Crippen LogP) is 2.32. The number of nitrogens with one attached hydrogen (secondary N) is 4. The summed E-state index contributed by atoms with van der Waals surface area (Å²) in [4.78, 5) is 11.1. The summed E-state index contributed by atoms with van der Waals surface area (Å²) >= 11 is 0. The topological polar surface area (TPSA) is 127 Å². The number of hydrazine groups is 2. The number of hydrogen-bond acceptors (Lipinski definition) is 11. The van der Waals surface area contributed by atoms with Crippen molar-refractivity contribution < 1.29 is 12.8 Å². The molecule has 0 spiro atoms. The molecule has 0 unspecified atom stereocenters. The number of nitrogens with zero attached hydrogens (tertiary/aromatic N) is 5. The van der Waals surface area contributed by atoms with Gasteiger partial charge in [0.15, 0.2) is 11.6 Å². The van der Waals surface area contributed by atoms with Gasteiger partial charge in [-0.2, -0.15) is 4.98 Å². The summed E-state index contributed by atoms with van der Waals surface area (Å²) in [6.07, 6.45) is 6.46. The number of benzene rings is 1. The summed E-state index contributed by atoms with van der Waals surface area (Å²) in [5.74, 6) is -0.103. The van der Waals surface area contributed by atoms with Gasteiger partial charge in [0, 0.05) is 29.6 Å². The lowest BCUT2D eigenvalue weighted by atomic mass is 9.84. The van der Waals surface area contributed by atoms with E-state index in [1.165, 1.54) is 17.9 Å². The lowest BCUT2D eigenvalue weighted by Crippen LogP contribution is -2.55. The number of amidine groups is 1. The fourth-order valence-electron chi connectivity index (χ4n) is 5.34. The van der Waals surface area contributed by atoms with Gasteiger partial charge >= 0.3 is 0 Å². The summed E-state index contributed by atoms with van der Waals surface area (Å²) in [6, 6.07) is 7.59. The van der Waals surface area contributed by atoms with Gasteiger partial charge in [0.2, 0.25) is 15.8 Å². The fourth-order valence-corrected chi connectivity index (χ4v) is 6.03. The number of halogens is 1. The SMILES string of the molecule is CC1(C)C[C@H](Nc2nc(Nc3cccc(N4NNN=C4S(C)(=O)=O)c3)ncc2F)C[C@@H]2CCCN21. The fraction of sp³-hybridized carbons (Fsp3) is 0.500. The summed E-state index contributed by atoms with van der Waals surface area (Å²) < 4.78 is 38.6. The number of hydrazone groups is 1. The molecule has 3 aliphatic heterocycles. The quantitative estimate of drug-likeness (QED) is 0.483. The van der Waals surface area contributed by atoms with Gasteiger partial charge in [0.05, 0.1) is 11.9 Å². The lowest BCUT2D eigenvalue weighted by molar-refractivity contribution is 0.0500. The molecule has 3 aliphatic rings. The predicted molar refractivity (Wildman–Crippen MR) is 133 cm³/mol. The van der Waals surface area contributed by atoms with E-state index in [4.69, 9.17) is 0 Å². The van der Waals surface area contributed by atoms with Gasteiger partial charge in [-0.25, -0.2) is 28.3 Å².